The molecule has 1 aliphatic carbocycles. The van der Waals surface area contributed by atoms with Crippen molar-refractivity contribution in [3.63, 3.8) is 0 Å². The van der Waals surface area contributed by atoms with E-state index in [0.29, 0.717) is 13.0 Å². The van der Waals surface area contributed by atoms with Gasteiger partial charge in [-0.2, -0.15) is 0 Å². The molecule has 1 aromatic rings. The van der Waals surface area contributed by atoms with Crippen molar-refractivity contribution in [2.24, 2.45) is 0 Å². The van der Waals surface area contributed by atoms with E-state index in [1.165, 1.54) is 0 Å². The Bertz CT molecular complexity index is 614. The third-order valence-corrected chi connectivity index (χ3v) is 9.61. The van der Waals surface area contributed by atoms with Gasteiger partial charge in [0.15, 0.2) is 14.1 Å². The molecule has 1 aliphatic rings. The van der Waals surface area contributed by atoms with Gasteiger partial charge in [-0.15, -0.1) is 0 Å². The minimum atomic E-state index is -1.97. The van der Waals surface area contributed by atoms with Crippen LogP contribution in [0.5, 0.6) is 5.75 Å². The molecule has 0 saturated carbocycles. The third-order valence-electron chi connectivity index (χ3n) is 5.11. The van der Waals surface area contributed by atoms with Gasteiger partial charge in [0, 0.05) is 0 Å². The van der Waals surface area contributed by atoms with Crippen LogP contribution in [-0.4, -0.2) is 33.4 Å². The smallest absolute Gasteiger partial charge is 0.192 e. The number of ether oxygens (including phenoxy) is 2. The molecule has 0 amide bonds. The zero-order chi connectivity index (χ0) is 18.7. The number of rotatable bonds is 6. The van der Waals surface area contributed by atoms with Crippen LogP contribution in [0.3, 0.4) is 0 Å². The summed E-state index contributed by atoms with van der Waals surface area (Å²) in [6, 6.07) is 7.69. The van der Waals surface area contributed by atoms with Crippen molar-refractivity contribution >= 4 is 14.1 Å². The summed E-state index contributed by atoms with van der Waals surface area (Å²) in [5.74, 6) is 0.794. The summed E-state index contributed by atoms with van der Waals surface area (Å²) in [6.45, 7) is 11.4. The minimum absolute atomic E-state index is 0.0107. The fourth-order valence-corrected chi connectivity index (χ4v) is 3.81. The molecule has 0 saturated heterocycles. The van der Waals surface area contributed by atoms with E-state index in [2.05, 4.69) is 33.9 Å². The predicted molar refractivity (Wildman–Crippen MR) is 102 cm³/mol. The molecule has 0 aliphatic heterocycles. The number of methoxy groups -OCH3 is 1. The zero-order valence-electron chi connectivity index (χ0n) is 16.2. The predicted octanol–water partition coefficient (Wildman–Crippen LogP) is 4.50. The first-order chi connectivity index (χ1) is 11.6. The average Bonchev–Trinajstić information content (AvgIpc) is 2.53. The van der Waals surface area contributed by atoms with Crippen molar-refractivity contribution in [2.75, 3.05) is 7.11 Å². The van der Waals surface area contributed by atoms with Crippen molar-refractivity contribution in [1.82, 2.24) is 0 Å². The zero-order valence-corrected chi connectivity index (χ0v) is 17.2. The van der Waals surface area contributed by atoms with Crippen LogP contribution in [0, 0.1) is 0 Å². The van der Waals surface area contributed by atoms with Gasteiger partial charge in [0.05, 0.1) is 19.8 Å². The Morgan fingerprint density at radius 2 is 1.80 bits per heavy atom. The van der Waals surface area contributed by atoms with Crippen molar-refractivity contribution < 1.29 is 18.7 Å². The van der Waals surface area contributed by atoms with Crippen LogP contribution in [0.2, 0.25) is 18.1 Å². The molecular formula is C20H30O4Si. The lowest BCUT2D eigenvalue weighted by molar-refractivity contribution is -0.134. The second-order valence-corrected chi connectivity index (χ2v) is 12.8. The summed E-state index contributed by atoms with van der Waals surface area (Å²) < 4.78 is 17.6. The Morgan fingerprint density at radius 1 is 1.16 bits per heavy atom. The maximum Gasteiger partial charge on any atom is 0.192 e. The summed E-state index contributed by atoms with van der Waals surface area (Å²) in [5, 5.41) is 0.0950. The lowest BCUT2D eigenvalue weighted by Crippen LogP contribution is -2.50. The first-order valence-corrected chi connectivity index (χ1v) is 11.7. The maximum atomic E-state index is 12.4. The van der Waals surface area contributed by atoms with Gasteiger partial charge in [-0.1, -0.05) is 39.0 Å². The van der Waals surface area contributed by atoms with Crippen LogP contribution in [0.15, 0.2) is 36.4 Å². The Hall–Kier alpha value is -1.43. The van der Waals surface area contributed by atoms with Gasteiger partial charge in [0.25, 0.3) is 0 Å². The number of hydrogen-bond donors (Lipinski definition) is 0. The fourth-order valence-electron chi connectivity index (χ4n) is 2.48. The molecule has 25 heavy (non-hydrogen) atoms. The van der Waals surface area contributed by atoms with Crippen LogP contribution in [0.25, 0.3) is 0 Å². The Labute approximate surface area is 152 Å². The molecule has 0 aromatic heterocycles. The third kappa shape index (κ3) is 5.03. The van der Waals surface area contributed by atoms with Crippen LogP contribution in [-0.2, 0) is 20.6 Å². The molecule has 0 fully saturated rings. The second kappa shape index (κ2) is 7.85. The summed E-state index contributed by atoms with van der Waals surface area (Å²) in [4.78, 5) is 12.4. The van der Waals surface area contributed by atoms with Crippen LogP contribution in [0.1, 0.15) is 32.8 Å². The van der Waals surface area contributed by atoms with Gasteiger partial charge in [0.2, 0.25) is 0 Å². The van der Waals surface area contributed by atoms with E-state index >= 15 is 0 Å². The number of carbonyl (C=O) groups is 1. The summed E-state index contributed by atoms with van der Waals surface area (Å²) >= 11 is 0. The van der Waals surface area contributed by atoms with Crippen molar-refractivity contribution in [1.29, 1.82) is 0 Å². The fraction of sp³-hybridized carbons (Fsp3) is 0.550. The first kappa shape index (κ1) is 19.9. The Kier molecular flexibility index (Phi) is 6.24. The van der Waals surface area contributed by atoms with Crippen molar-refractivity contribution in [2.45, 2.75) is 64.1 Å². The number of benzene rings is 1. The van der Waals surface area contributed by atoms with E-state index in [9.17, 15) is 4.79 Å². The van der Waals surface area contributed by atoms with Gasteiger partial charge in [-0.05, 0) is 48.3 Å². The van der Waals surface area contributed by atoms with E-state index in [-0.39, 0.29) is 16.9 Å². The maximum absolute atomic E-state index is 12.4. The molecule has 0 unspecified atom stereocenters. The lowest BCUT2D eigenvalue weighted by atomic mass is 10.00. The van der Waals surface area contributed by atoms with Crippen molar-refractivity contribution in [3.8, 4) is 5.75 Å². The first-order valence-electron chi connectivity index (χ1n) is 8.77. The van der Waals surface area contributed by atoms with Gasteiger partial charge in [0.1, 0.15) is 11.9 Å². The van der Waals surface area contributed by atoms with Crippen molar-refractivity contribution in [3.05, 3.63) is 42.0 Å². The van der Waals surface area contributed by atoms with Gasteiger partial charge in [-0.3, -0.25) is 4.79 Å². The largest absolute Gasteiger partial charge is 0.497 e. The molecule has 5 heteroatoms. The Morgan fingerprint density at radius 3 is 2.36 bits per heavy atom. The highest BCUT2D eigenvalue weighted by Crippen LogP contribution is 2.38. The summed E-state index contributed by atoms with van der Waals surface area (Å²) in [7, 11) is -0.327. The quantitative estimate of drug-likeness (QED) is 0.699. The monoisotopic (exact) mass is 362 g/mol. The van der Waals surface area contributed by atoms with Crippen LogP contribution in [0.4, 0.5) is 0 Å². The molecule has 2 atom stereocenters. The molecule has 0 spiro atoms. The highest BCUT2D eigenvalue weighted by molar-refractivity contribution is 6.74. The Balaban J connectivity index is 2.06. The van der Waals surface area contributed by atoms with E-state index < -0.39 is 14.4 Å². The molecule has 1 aromatic carbocycles. The van der Waals surface area contributed by atoms with Gasteiger partial charge >= 0.3 is 0 Å². The number of carbonyl (C=O) groups excluding carboxylic acids is 1. The number of ketones is 1. The second-order valence-electron chi connectivity index (χ2n) is 8.04. The minimum Gasteiger partial charge on any atom is -0.497 e. The van der Waals surface area contributed by atoms with Crippen LogP contribution >= 0.6 is 0 Å². The molecule has 138 valence electrons. The molecule has 4 nitrogen and oxygen atoms in total. The molecule has 2 rings (SSSR count). The summed E-state index contributed by atoms with van der Waals surface area (Å²) in [6.07, 6.45) is 3.47. The summed E-state index contributed by atoms with van der Waals surface area (Å²) in [5.41, 5.74) is 1.01. The highest BCUT2D eigenvalue weighted by Gasteiger charge is 2.42. The van der Waals surface area contributed by atoms with E-state index in [0.717, 1.165) is 11.3 Å². The molecule has 0 radical (unpaired) electrons. The van der Waals surface area contributed by atoms with E-state index in [4.69, 9.17) is 13.9 Å². The average molecular weight is 363 g/mol. The topological polar surface area (TPSA) is 44.8 Å². The van der Waals surface area contributed by atoms with E-state index in [1.54, 1.807) is 13.2 Å². The standard InChI is InChI=1S/C20H30O4Si/c1-20(2,3)25(5,6)24-18-9-7-8-17(21)19(18)23-14-15-10-12-16(22-4)13-11-15/h7-8,10-13,18-19H,9,14H2,1-6H3/t18-,19-/m1/s1. The number of hydrogen-bond acceptors (Lipinski definition) is 4. The normalized spacial score (nSPS) is 21.4. The van der Waals surface area contributed by atoms with Crippen LogP contribution < -0.4 is 4.74 Å². The van der Waals surface area contributed by atoms with E-state index in [1.807, 2.05) is 30.3 Å². The highest BCUT2D eigenvalue weighted by atomic mass is 28.4. The van der Waals surface area contributed by atoms with Gasteiger partial charge in [-0.25, -0.2) is 0 Å². The molecule has 0 bridgehead atoms. The SMILES string of the molecule is COc1ccc(CO[C@@H]2C(=O)C=CC[C@H]2O[Si](C)(C)C(C)(C)C)cc1. The molecular weight excluding hydrogens is 332 g/mol. The van der Waals surface area contributed by atoms with Gasteiger partial charge < -0.3 is 13.9 Å². The molecule has 0 N–H and O–H groups in total. The molecule has 0 heterocycles. The lowest BCUT2D eigenvalue weighted by Gasteiger charge is -2.41.